The molecule has 1 saturated heterocycles. The lowest BCUT2D eigenvalue weighted by Gasteiger charge is -2.47. The first-order valence-corrected chi connectivity index (χ1v) is 13.4. The van der Waals surface area contributed by atoms with Crippen LogP contribution in [0.25, 0.3) is 10.9 Å². The predicted octanol–water partition coefficient (Wildman–Crippen LogP) is 5.41. The molecule has 1 spiro atoms. The molecule has 0 radical (unpaired) electrons. The summed E-state index contributed by atoms with van der Waals surface area (Å²) in [6, 6.07) is 6.11. The maximum Gasteiger partial charge on any atom is 0.253 e. The summed E-state index contributed by atoms with van der Waals surface area (Å²) >= 11 is 0. The van der Waals surface area contributed by atoms with Crippen molar-refractivity contribution >= 4 is 10.9 Å². The number of benzene rings is 1. The van der Waals surface area contributed by atoms with E-state index in [1.165, 1.54) is 44.1 Å². The summed E-state index contributed by atoms with van der Waals surface area (Å²) in [6.07, 6.45) is 9.88. The SMILES string of the molecule is CCC(C)(C)n1nnnc1C(c1cc2cc(C)cc(C)c2[nH]c1=O)N1CCCC2(CCCCC2)C1. The number of tetrazole rings is 1. The van der Waals surface area contributed by atoms with Gasteiger partial charge in [-0.25, -0.2) is 4.68 Å². The molecule has 7 nitrogen and oxygen atoms in total. The summed E-state index contributed by atoms with van der Waals surface area (Å²) in [7, 11) is 0. The van der Waals surface area contributed by atoms with E-state index >= 15 is 0 Å². The molecular formula is C28H40N6O. The van der Waals surface area contributed by atoms with Gasteiger partial charge in [0.25, 0.3) is 5.56 Å². The van der Waals surface area contributed by atoms with Crippen molar-refractivity contribution in [3.05, 3.63) is 51.1 Å². The minimum absolute atomic E-state index is 0.0402. The number of rotatable bonds is 5. The number of nitrogens with one attached hydrogen (secondary N) is 1. The lowest BCUT2D eigenvalue weighted by Crippen LogP contribution is -2.48. The van der Waals surface area contributed by atoms with E-state index in [0.717, 1.165) is 53.8 Å². The molecule has 1 saturated carbocycles. The number of H-pyrrole nitrogens is 1. The molecule has 188 valence electrons. The second kappa shape index (κ2) is 9.16. The first-order chi connectivity index (χ1) is 16.7. The molecule has 1 atom stereocenters. The van der Waals surface area contributed by atoms with Crippen LogP contribution in [0.3, 0.4) is 0 Å². The standard InChI is InChI=1S/C28H40N6O/c1-6-27(4,5)34-25(30-31-32-34)24(33-14-10-13-28(18-33)11-8-7-9-12-28)22-17-21-16-19(2)15-20(3)23(21)29-26(22)35/h15-17,24H,6-14,18H2,1-5H3,(H,29,35). The monoisotopic (exact) mass is 476 g/mol. The number of aromatic nitrogens is 5. The van der Waals surface area contributed by atoms with E-state index in [1.54, 1.807) is 0 Å². The number of aryl methyl sites for hydroxylation is 2. The maximum atomic E-state index is 13.7. The van der Waals surface area contributed by atoms with Crippen LogP contribution in [-0.2, 0) is 5.54 Å². The highest BCUT2D eigenvalue weighted by atomic mass is 16.1. The van der Waals surface area contributed by atoms with Gasteiger partial charge in [0.05, 0.1) is 11.1 Å². The lowest BCUT2D eigenvalue weighted by molar-refractivity contribution is 0.0326. The van der Waals surface area contributed by atoms with Crippen molar-refractivity contribution < 1.29 is 0 Å². The van der Waals surface area contributed by atoms with Crippen LogP contribution in [0.4, 0.5) is 0 Å². The minimum Gasteiger partial charge on any atom is -0.321 e. The summed E-state index contributed by atoms with van der Waals surface area (Å²) in [4.78, 5) is 19.4. The van der Waals surface area contributed by atoms with E-state index in [2.05, 4.69) is 78.2 Å². The van der Waals surface area contributed by atoms with Gasteiger partial charge < -0.3 is 4.98 Å². The molecule has 5 rings (SSSR count). The second-order valence-electron chi connectivity index (χ2n) is 11.8. The van der Waals surface area contributed by atoms with E-state index in [9.17, 15) is 4.79 Å². The van der Waals surface area contributed by atoms with Crippen molar-refractivity contribution in [1.82, 2.24) is 30.1 Å². The van der Waals surface area contributed by atoms with Gasteiger partial charge in [-0.05, 0) is 105 Å². The third-order valence-corrected chi connectivity index (χ3v) is 8.76. The Bertz CT molecular complexity index is 1260. The first-order valence-electron chi connectivity index (χ1n) is 13.4. The molecule has 2 fully saturated rings. The van der Waals surface area contributed by atoms with Crippen LogP contribution in [0.15, 0.2) is 23.0 Å². The zero-order chi connectivity index (χ0) is 24.8. The van der Waals surface area contributed by atoms with Gasteiger partial charge in [0.2, 0.25) is 0 Å². The number of fused-ring (bicyclic) bond motifs is 1. The van der Waals surface area contributed by atoms with Crippen LogP contribution >= 0.6 is 0 Å². The molecule has 0 amide bonds. The first kappa shape index (κ1) is 24.2. The Morgan fingerprint density at radius 1 is 1.09 bits per heavy atom. The van der Waals surface area contributed by atoms with E-state index in [0.29, 0.717) is 5.41 Å². The Morgan fingerprint density at radius 3 is 2.57 bits per heavy atom. The van der Waals surface area contributed by atoms with Gasteiger partial charge in [0.1, 0.15) is 6.04 Å². The topological polar surface area (TPSA) is 79.7 Å². The van der Waals surface area contributed by atoms with Crippen molar-refractivity contribution in [3.63, 3.8) is 0 Å². The van der Waals surface area contributed by atoms with E-state index in [1.807, 2.05) is 4.68 Å². The van der Waals surface area contributed by atoms with Crippen LogP contribution in [0.1, 0.15) is 101 Å². The van der Waals surface area contributed by atoms with E-state index < -0.39 is 0 Å². The van der Waals surface area contributed by atoms with Gasteiger partial charge in [-0.1, -0.05) is 37.8 Å². The quantitative estimate of drug-likeness (QED) is 0.532. The fourth-order valence-electron chi connectivity index (χ4n) is 6.53. The number of hydrogen-bond donors (Lipinski definition) is 1. The van der Waals surface area contributed by atoms with Crippen LogP contribution in [0, 0.1) is 19.3 Å². The number of aromatic amines is 1. The maximum absolute atomic E-state index is 13.7. The van der Waals surface area contributed by atoms with Gasteiger partial charge in [0, 0.05) is 12.1 Å². The number of nitrogens with zero attached hydrogens (tertiary/aromatic N) is 5. The number of pyridine rings is 1. The Kier molecular flexibility index (Phi) is 6.32. The van der Waals surface area contributed by atoms with Crippen LogP contribution in [0.2, 0.25) is 0 Å². The van der Waals surface area contributed by atoms with Crippen molar-refractivity contribution in [2.45, 2.75) is 97.6 Å². The fraction of sp³-hybridized carbons (Fsp3) is 0.643. The fourth-order valence-corrected chi connectivity index (χ4v) is 6.53. The normalized spacial score (nSPS) is 19.9. The highest BCUT2D eigenvalue weighted by Crippen LogP contribution is 2.45. The van der Waals surface area contributed by atoms with E-state index in [4.69, 9.17) is 0 Å². The highest BCUT2D eigenvalue weighted by molar-refractivity contribution is 5.83. The summed E-state index contributed by atoms with van der Waals surface area (Å²) < 4.78 is 1.96. The summed E-state index contributed by atoms with van der Waals surface area (Å²) in [5.41, 5.74) is 4.02. The Morgan fingerprint density at radius 2 is 1.83 bits per heavy atom. The summed E-state index contributed by atoms with van der Waals surface area (Å²) in [6.45, 7) is 12.6. The largest absolute Gasteiger partial charge is 0.321 e. The van der Waals surface area contributed by atoms with E-state index in [-0.39, 0.29) is 17.1 Å². The average Bonchev–Trinajstić information content (AvgIpc) is 3.31. The highest BCUT2D eigenvalue weighted by Gasteiger charge is 2.42. The molecule has 3 heterocycles. The van der Waals surface area contributed by atoms with Gasteiger partial charge in [-0.15, -0.1) is 5.10 Å². The van der Waals surface area contributed by atoms with Gasteiger partial charge in [-0.3, -0.25) is 9.69 Å². The molecule has 1 aliphatic heterocycles. The molecule has 1 N–H and O–H groups in total. The van der Waals surface area contributed by atoms with Crippen molar-refractivity contribution in [1.29, 1.82) is 0 Å². The zero-order valence-corrected chi connectivity index (χ0v) is 22.0. The number of piperidine rings is 1. The lowest BCUT2D eigenvalue weighted by atomic mass is 9.69. The smallest absolute Gasteiger partial charge is 0.253 e. The zero-order valence-electron chi connectivity index (χ0n) is 22.0. The molecule has 1 aliphatic carbocycles. The molecular weight excluding hydrogens is 436 g/mol. The van der Waals surface area contributed by atoms with Crippen molar-refractivity contribution in [3.8, 4) is 0 Å². The molecule has 0 bridgehead atoms. The number of likely N-dealkylation sites (tertiary alicyclic amines) is 1. The predicted molar refractivity (Wildman–Crippen MR) is 140 cm³/mol. The van der Waals surface area contributed by atoms with Crippen molar-refractivity contribution in [2.24, 2.45) is 5.41 Å². The third-order valence-electron chi connectivity index (χ3n) is 8.76. The molecule has 35 heavy (non-hydrogen) atoms. The Balaban J connectivity index is 1.68. The molecule has 7 heteroatoms. The van der Waals surface area contributed by atoms with Gasteiger partial charge in [0.15, 0.2) is 5.82 Å². The Hall–Kier alpha value is -2.54. The molecule has 2 aliphatic rings. The molecule has 1 aromatic carbocycles. The van der Waals surface area contributed by atoms with Gasteiger partial charge in [-0.2, -0.15) is 0 Å². The van der Waals surface area contributed by atoms with Crippen molar-refractivity contribution in [2.75, 3.05) is 13.1 Å². The average molecular weight is 477 g/mol. The molecule has 3 aromatic rings. The van der Waals surface area contributed by atoms with Crippen LogP contribution < -0.4 is 5.56 Å². The number of hydrogen-bond acceptors (Lipinski definition) is 5. The minimum atomic E-state index is -0.274. The summed E-state index contributed by atoms with van der Waals surface area (Å²) in [5.74, 6) is 0.777. The van der Waals surface area contributed by atoms with Crippen LogP contribution in [0.5, 0.6) is 0 Å². The van der Waals surface area contributed by atoms with Crippen LogP contribution in [-0.4, -0.2) is 43.2 Å². The summed E-state index contributed by atoms with van der Waals surface area (Å²) in [5, 5.41) is 14.2. The molecule has 1 unspecified atom stereocenters. The third kappa shape index (κ3) is 4.44. The molecule has 2 aromatic heterocycles. The van der Waals surface area contributed by atoms with Gasteiger partial charge >= 0.3 is 0 Å². The second-order valence-corrected chi connectivity index (χ2v) is 11.8. The Labute approximate surface area is 208 Å².